The summed E-state index contributed by atoms with van der Waals surface area (Å²) >= 11 is 0. The molecular formula is C19H22F3N5O6S. The Morgan fingerprint density at radius 1 is 1.21 bits per heavy atom. The summed E-state index contributed by atoms with van der Waals surface area (Å²) in [5.41, 5.74) is 4.75. The van der Waals surface area contributed by atoms with Gasteiger partial charge in [0.25, 0.3) is 5.91 Å². The highest BCUT2D eigenvalue weighted by Crippen LogP contribution is 2.38. The summed E-state index contributed by atoms with van der Waals surface area (Å²) in [6, 6.07) is -2.91. The van der Waals surface area contributed by atoms with Gasteiger partial charge in [-0.05, 0) is 19.8 Å². The van der Waals surface area contributed by atoms with Gasteiger partial charge < -0.3 is 21.3 Å². The van der Waals surface area contributed by atoms with Crippen molar-refractivity contribution in [1.29, 1.82) is 0 Å². The van der Waals surface area contributed by atoms with Crippen molar-refractivity contribution in [3.63, 3.8) is 0 Å². The fraction of sp³-hybridized carbons (Fsp3) is 0.526. The molecule has 1 aromatic rings. The molecule has 0 spiro atoms. The molecule has 34 heavy (non-hydrogen) atoms. The Hall–Kier alpha value is -2.75. The predicted octanol–water partition coefficient (Wildman–Crippen LogP) is -0.267. The van der Waals surface area contributed by atoms with Crippen LogP contribution in [0.3, 0.4) is 0 Å². The first-order chi connectivity index (χ1) is 15.9. The maximum atomic E-state index is 13.5. The Kier molecular flexibility index (Phi) is 6.30. The first-order valence-electron chi connectivity index (χ1n) is 10.4. The largest absolute Gasteiger partial charge is 0.363 e. The van der Waals surface area contributed by atoms with Gasteiger partial charge in [-0.25, -0.2) is 18.0 Å². The first-order valence-corrected chi connectivity index (χ1v) is 11.8. The van der Waals surface area contributed by atoms with Crippen LogP contribution in [0.4, 0.5) is 23.7 Å². The molecule has 15 heteroatoms. The molecule has 3 amide bonds. The number of benzene rings is 1. The van der Waals surface area contributed by atoms with E-state index in [1.165, 1.54) is 11.8 Å². The summed E-state index contributed by atoms with van der Waals surface area (Å²) in [4.78, 5) is 37.7. The van der Waals surface area contributed by atoms with Crippen LogP contribution in [0.1, 0.15) is 19.8 Å². The quantitative estimate of drug-likeness (QED) is 0.325. The van der Waals surface area contributed by atoms with Crippen molar-refractivity contribution in [1.82, 2.24) is 14.9 Å². The molecule has 0 aromatic heterocycles. The van der Waals surface area contributed by atoms with Gasteiger partial charge in [0.2, 0.25) is 5.78 Å². The van der Waals surface area contributed by atoms with Crippen LogP contribution in [0, 0.1) is 23.4 Å². The third-order valence-corrected chi connectivity index (χ3v) is 7.53. The number of halogens is 3. The number of nitrogens with one attached hydrogen (secondary N) is 3. The Balaban J connectivity index is 1.61. The van der Waals surface area contributed by atoms with E-state index in [4.69, 9.17) is 9.92 Å². The lowest BCUT2D eigenvalue weighted by Crippen LogP contribution is -2.59. The summed E-state index contributed by atoms with van der Waals surface area (Å²) in [7, 11) is -4.29. The van der Waals surface area contributed by atoms with Crippen LogP contribution in [0.25, 0.3) is 0 Å². The molecule has 0 bridgehead atoms. The van der Waals surface area contributed by atoms with Crippen LogP contribution < -0.4 is 21.1 Å². The number of nitrogens with two attached hydrogens (primary N) is 1. The summed E-state index contributed by atoms with van der Waals surface area (Å²) in [6.07, 6.45) is -0.759. The highest BCUT2D eigenvalue weighted by atomic mass is 32.2. The topological polar surface area (TPSA) is 160 Å². The lowest BCUT2D eigenvalue weighted by Gasteiger charge is -2.39. The van der Waals surface area contributed by atoms with Gasteiger partial charge in [0.15, 0.2) is 17.5 Å². The van der Waals surface area contributed by atoms with Crippen molar-refractivity contribution in [2.75, 3.05) is 11.9 Å². The second-order valence-electron chi connectivity index (χ2n) is 8.53. The molecule has 0 saturated carbocycles. The molecule has 3 fully saturated rings. The molecule has 3 aliphatic rings. The number of fused-ring (bicyclic) bond motifs is 3. The lowest BCUT2D eigenvalue weighted by molar-refractivity contribution is -0.137. The highest BCUT2D eigenvalue weighted by molar-refractivity contribution is 7.84. The maximum Gasteiger partial charge on any atom is 0.336 e. The minimum absolute atomic E-state index is 0.120. The van der Waals surface area contributed by atoms with Gasteiger partial charge >= 0.3 is 16.3 Å². The summed E-state index contributed by atoms with van der Waals surface area (Å²) in [6.45, 7) is 1.65. The number of hydrogen-bond donors (Lipinski definition) is 4. The lowest BCUT2D eigenvalue weighted by atomic mass is 9.86. The number of rotatable bonds is 3. The van der Waals surface area contributed by atoms with Crippen LogP contribution in [0.2, 0.25) is 0 Å². The van der Waals surface area contributed by atoms with Crippen molar-refractivity contribution < 1.29 is 40.2 Å². The van der Waals surface area contributed by atoms with Crippen LogP contribution in [0.5, 0.6) is 0 Å². The molecule has 1 aromatic carbocycles. The Labute approximate surface area is 192 Å². The van der Waals surface area contributed by atoms with Crippen molar-refractivity contribution in [3.8, 4) is 0 Å². The number of primary amides is 1. The molecule has 186 valence electrons. The smallest absolute Gasteiger partial charge is 0.336 e. The molecular weight excluding hydrogens is 483 g/mol. The van der Waals surface area contributed by atoms with Gasteiger partial charge in [-0.2, -0.15) is 13.1 Å². The second-order valence-corrected chi connectivity index (χ2v) is 9.86. The van der Waals surface area contributed by atoms with E-state index in [0.29, 0.717) is 18.6 Å². The van der Waals surface area contributed by atoms with Gasteiger partial charge in [-0.1, -0.05) is 0 Å². The van der Waals surface area contributed by atoms with Crippen LogP contribution in [-0.4, -0.2) is 67.9 Å². The molecule has 6 atom stereocenters. The number of Topliss-reactive ketones (excluding diaryl/α,β-unsaturated/α-hetero) is 1. The zero-order valence-corrected chi connectivity index (χ0v) is 18.6. The Bertz CT molecular complexity index is 1130. The van der Waals surface area contributed by atoms with E-state index in [2.05, 4.69) is 15.4 Å². The molecule has 0 aliphatic carbocycles. The highest BCUT2D eigenvalue weighted by Gasteiger charge is 2.53. The number of amides is 3. The molecule has 5 N–H and O–H groups in total. The minimum Gasteiger partial charge on any atom is -0.363 e. The average Bonchev–Trinajstić information content (AvgIpc) is 3.33. The summed E-state index contributed by atoms with van der Waals surface area (Å²) in [5, 5.41) is 5.24. The normalized spacial score (nSPS) is 32.3. The zero-order valence-electron chi connectivity index (χ0n) is 17.8. The van der Waals surface area contributed by atoms with Gasteiger partial charge in [0.1, 0.15) is 0 Å². The van der Waals surface area contributed by atoms with Gasteiger partial charge in [-0.15, -0.1) is 0 Å². The van der Waals surface area contributed by atoms with E-state index >= 15 is 0 Å². The number of carbonyl (C=O) groups excluding carboxylic acids is 3. The summed E-state index contributed by atoms with van der Waals surface area (Å²) < 4.78 is 72.8. The van der Waals surface area contributed by atoms with Gasteiger partial charge in [0, 0.05) is 42.4 Å². The molecule has 3 saturated heterocycles. The number of ketones is 1. The van der Waals surface area contributed by atoms with Crippen molar-refractivity contribution in [3.05, 3.63) is 29.6 Å². The number of anilines is 1. The molecule has 6 unspecified atom stereocenters. The Morgan fingerprint density at radius 3 is 2.47 bits per heavy atom. The van der Waals surface area contributed by atoms with E-state index in [1.807, 2.05) is 0 Å². The van der Waals surface area contributed by atoms with E-state index in [1.54, 1.807) is 0 Å². The monoisotopic (exact) mass is 505 g/mol. The van der Waals surface area contributed by atoms with E-state index in [0.717, 1.165) is 0 Å². The van der Waals surface area contributed by atoms with Crippen LogP contribution in [-0.2, 0) is 24.1 Å². The number of carbonyl (C=O) groups is 3. The SMILES string of the molecule is CC1NS(=O)(=O)OC2CC(C(=O)C(N)=O)NC2C2CCN(C(=O)Nc3cc(F)c(F)c(F)c3)C12. The first kappa shape index (κ1) is 24.4. The standard InChI is InChI=1S/C19H22F3N5O6S/c1-7-16-9(2-3-27(16)19(30)24-8-4-10(20)14(22)11(21)5-8)15-13(33-34(31,32)26-7)6-12(25-15)17(28)18(23)29/h4-5,7,9,12-13,15-16,25-26H,2-3,6H2,1H3,(H2,23,29)(H,24,30). The van der Waals surface area contributed by atoms with Crippen molar-refractivity contribution >= 4 is 33.7 Å². The zero-order chi connectivity index (χ0) is 24.9. The fourth-order valence-corrected chi connectivity index (χ4v) is 6.23. The van der Waals surface area contributed by atoms with Crippen LogP contribution >= 0.6 is 0 Å². The van der Waals surface area contributed by atoms with E-state index < -0.39 is 81.7 Å². The average molecular weight is 505 g/mol. The van der Waals surface area contributed by atoms with E-state index in [-0.39, 0.29) is 18.7 Å². The second kappa shape index (κ2) is 8.79. The number of likely N-dealkylation sites (tertiary alicyclic amines) is 1. The molecule has 11 nitrogen and oxygen atoms in total. The Morgan fingerprint density at radius 2 is 1.85 bits per heavy atom. The van der Waals surface area contributed by atoms with Crippen molar-refractivity contribution in [2.45, 2.75) is 50.0 Å². The minimum atomic E-state index is -4.29. The van der Waals surface area contributed by atoms with Crippen molar-refractivity contribution in [2.24, 2.45) is 11.7 Å². The number of hydrogen-bond acceptors (Lipinski definition) is 7. The maximum absolute atomic E-state index is 13.5. The van der Waals surface area contributed by atoms with Gasteiger partial charge in [-0.3, -0.25) is 13.8 Å². The summed E-state index contributed by atoms with van der Waals surface area (Å²) in [5.74, 6) is -7.16. The predicted molar refractivity (Wildman–Crippen MR) is 110 cm³/mol. The van der Waals surface area contributed by atoms with Gasteiger partial charge in [0.05, 0.1) is 18.2 Å². The number of urea groups is 1. The molecule has 4 rings (SSSR count). The fourth-order valence-electron chi connectivity index (χ4n) is 5.06. The molecule has 3 aliphatic heterocycles. The van der Waals surface area contributed by atoms with Crippen LogP contribution in [0.15, 0.2) is 12.1 Å². The molecule has 3 heterocycles. The number of nitrogens with zero attached hydrogens (tertiary/aromatic N) is 1. The third-order valence-electron chi connectivity index (χ3n) is 6.37. The van der Waals surface area contributed by atoms with E-state index in [9.17, 15) is 36.0 Å². The third kappa shape index (κ3) is 4.47. The molecule has 0 radical (unpaired) electrons.